The van der Waals surface area contributed by atoms with Crippen molar-refractivity contribution >= 4 is 28.2 Å². The highest BCUT2D eigenvalue weighted by Crippen LogP contribution is 2.24. The van der Waals surface area contributed by atoms with Crippen LogP contribution in [0, 0.1) is 0 Å². The maximum atomic E-state index is 11.8. The summed E-state index contributed by atoms with van der Waals surface area (Å²) in [7, 11) is 0. The predicted molar refractivity (Wildman–Crippen MR) is 71.8 cm³/mol. The Morgan fingerprint density at radius 1 is 1.50 bits per heavy atom. The van der Waals surface area contributed by atoms with Gasteiger partial charge in [-0.15, -0.1) is 11.3 Å². The number of esters is 1. The zero-order valence-electron chi connectivity index (χ0n) is 10.6. The third-order valence-electron chi connectivity index (χ3n) is 2.33. The van der Waals surface area contributed by atoms with Gasteiger partial charge in [0.25, 0.3) is 0 Å². The predicted octanol–water partition coefficient (Wildman–Crippen LogP) is 1.99. The van der Waals surface area contributed by atoms with E-state index in [-0.39, 0.29) is 5.91 Å². The van der Waals surface area contributed by atoms with E-state index in [0.717, 1.165) is 6.42 Å². The molecule has 6 heteroatoms. The smallest absolute Gasteiger partial charge is 0.341 e. The van der Waals surface area contributed by atoms with E-state index in [2.05, 4.69) is 5.32 Å². The first-order chi connectivity index (χ1) is 8.60. The van der Waals surface area contributed by atoms with Gasteiger partial charge in [-0.2, -0.15) is 0 Å². The van der Waals surface area contributed by atoms with E-state index in [1.54, 1.807) is 18.4 Å². The number of amides is 1. The quantitative estimate of drug-likeness (QED) is 0.775. The van der Waals surface area contributed by atoms with Gasteiger partial charge >= 0.3 is 5.97 Å². The topological polar surface area (TPSA) is 81.4 Å². The van der Waals surface area contributed by atoms with Crippen LogP contribution in [0.5, 0.6) is 0 Å². The van der Waals surface area contributed by atoms with Gasteiger partial charge in [0.1, 0.15) is 5.00 Å². The lowest BCUT2D eigenvalue weighted by Crippen LogP contribution is -2.35. The van der Waals surface area contributed by atoms with Crippen LogP contribution in [0.15, 0.2) is 11.4 Å². The van der Waals surface area contributed by atoms with Crippen LogP contribution in [0.3, 0.4) is 0 Å². The Kier molecular flexibility index (Phi) is 5.80. The molecule has 18 heavy (non-hydrogen) atoms. The number of rotatable bonds is 6. The lowest BCUT2D eigenvalue weighted by Gasteiger charge is -2.11. The fourth-order valence-electron chi connectivity index (χ4n) is 1.42. The molecule has 1 amide bonds. The Morgan fingerprint density at radius 2 is 2.22 bits per heavy atom. The van der Waals surface area contributed by atoms with E-state index in [9.17, 15) is 9.59 Å². The first-order valence-corrected chi connectivity index (χ1v) is 6.79. The molecule has 0 bridgehead atoms. The summed E-state index contributed by atoms with van der Waals surface area (Å²) < 4.78 is 4.90. The number of carbonyl (C=O) groups excluding carboxylic acids is 2. The van der Waals surface area contributed by atoms with Crippen LogP contribution >= 0.6 is 11.3 Å². The van der Waals surface area contributed by atoms with Crippen molar-refractivity contribution in [3.8, 4) is 0 Å². The van der Waals surface area contributed by atoms with E-state index in [4.69, 9.17) is 10.5 Å². The first-order valence-electron chi connectivity index (χ1n) is 5.91. The fraction of sp³-hybridized carbons (Fsp3) is 0.500. The van der Waals surface area contributed by atoms with E-state index in [1.165, 1.54) is 11.3 Å². The minimum atomic E-state index is -0.549. The summed E-state index contributed by atoms with van der Waals surface area (Å²) in [6.45, 7) is 4.00. The molecule has 1 aromatic heterocycles. The second kappa shape index (κ2) is 7.13. The summed E-state index contributed by atoms with van der Waals surface area (Å²) >= 11 is 1.28. The number of anilines is 1. The Bertz CT molecular complexity index is 417. The van der Waals surface area contributed by atoms with Gasteiger partial charge in [-0.1, -0.05) is 13.3 Å². The Balaban J connectivity index is 2.70. The normalized spacial score (nSPS) is 11.9. The van der Waals surface area contributed by atoms with Crippen molar-refractivity contribution in [2.45, 2.75) is 32.7 Å². The Labute approximate surface area is 110 Å². The molecule has 0 radical (unpaired) electrons. The first kappa shape index (κ1) is 14.7. The summed E-state index contributed by atoms with van der Waals surface area (Å²) in [5, 5.41) is 4.89. The summed E-state index contributed by atoms with van der Waals surface area (Å²) in [6.07, 6.45) is 1.45. The Morgan fingerprint density at radius 3 is 2.83 bits per heavy atom. The van der Waals surface area contributed by atoms with Gasteiger partial charge < -0.3 is 15.8 Å². The standard InChI is InChI=1S/C12H18N2O3S/c1-3-5-9(13)10(15)14-11-8(6-7-18-11)12(16)17-4-2/h6-7,9H,3-5,13H2,1-2H3,(H,14,15)/t9-/m0/s1. The summed E-state index contributed by atoms with van der Waals surface area (Å²) in [5.41, 5.74) is 6.08. The van der Waals surface area contributed by atoms with Crippen LogP contribution in [-0.2, 0) is 9.53 Å². The minimum Gasteiger partial charge on any atom is -0.462 e. The maximum Gasteiger partial charge on any atom is 0.341 e. The molecular weight excluding hydrogens is 252 g/mol. The molecule has 0 aromatic carbocycles. The summed E-state index contributed by atoms with van der Waals surface area (Å²) in [4.78, 5) is 23.4. The van der Waals surface area contributed by atoms with Crippen molar-refractivity contribution in [1.82, 2.24) is 0 Å². The average Bonchev–Trinajstić information content (AvgIpc) is 2.77. The number of hydrogen-bond acceptors (Lipinski definition) is 5. The maximum absolute atomic E-state index is 11.8. The van der Waals surface area contributed by atoms with Gasteiger partial charge in [0.05, 0.1) is 18.2 Å². The number of hydrogen-bond donors (Lipinski definition) is 2. The summed E-state index contributed by atoms with van der Waals surface area (Å²) in [6, 6.07) is 1.08. The molecule has 1 atom stereocenters. The van der Waals surface area contributed by atoms with Gasteiger partial charge in [0.15, 0.2) is 0 Å². The molecule has 1 heterocycles. The lowest BCUT2D eigenvalue weighted by atomic mass is 10.1. The molecule has 0 spiro atoms. The highest BCUT2D eigenvalue weighted by molar-refractivity contribution is 7.14. The molecule has 100 valence electrons. The summed E-state index contributed by atoms with van der Waals surface area (Å²) in [5.74, 6) is -0.706. The van der Waals surface area contributed by atoms with Crippen molar-refractivity contribution < 1.29 is 14.3 Å². The molecule has 0 fully saturated rings. The molecule has 1 aromatic rings. The number of nitrogens with one attached hydrogen (secondary N) is 1. The molecule has 0 aliphatic rings. The van der Waals surface area contributed by atoms with Crippen LogP contribution in [0.4, 0.5) is 5.00 Å². The molecule has 1 rings (SSSR count). The van der Waals surface area contributed by atoms with Gasteiger partial charge in [-0.25, -0.2) is 4.79 Å². The van der Waals surface area contributed by atoms with Crippen LogP contribution in [-0.4, -0.2) is 24.5 Å². The zero-order valence-corrected chi connectivity index (χ0v) is 11.4. The zero-order chi connectivity index (χ0) is 13.5. The Hall–Kier alpha value is -1.40. The molecule has 3 N–H and O–H groups in total. The monoisotopic (exact) mass is 270 g/mol. The third-order valence-corrected chi connectivity index (χ3v) is 3.16. The van der Waals surface area contributed by atoms with Gasteiger partial charge in [-0.3, -0.25) is 4.79 Å². The molecule has 0 saturated heterocycles. The van der Waals surface area contributed by atoms with E-state index < -0.39 is 12.0 Å². The highest BCUT2D eigenvalue weighted by atomic mass is 32.1. The van der Waals surface area contributed by atoms with Crippen molar-refractivity contribution in [1.29, 1.82) is 0 Å². The molecule has 0 unspecified atom stereocenters. The molecule has 0 saturated carbocycles. The number of carbonyl (C=O) groups is 2. The number of ether oxygens (including phenoxy) is 1. The molecule has 5 nitrogen and oxygen atoms in total. The number of nitrogens with two attached hydrogens (primary N) is 1. The van der Waals surface area contributed by atoms with E-state index >= 15 is 0 Å². The fourth-order valence-corrected chi connectivity index (χ4v) is 2.20. The second-order valence-corrected chi connectivity index (χ2v) is 4.68. The van der Waals surface area contributed by atoms with E-state index in [0.29, 0.717) is 23.6 Å². The van der Waals surface area contributed by atoms with E-state index in [1.807, 2.05) is 6.92 Å². The second-order valence-electron chi connectivity index (χ2n) is 3.77. The lowest BCUT2D eigenvalue weighted by molar-refractivity contribution is -0.117. The largest absolute Gasteiger partial charge is 0.462 e. The molecular formula is C12H18N2O3S. The van der Waals surface area contributed by atoms with Crippen molar-refractivity contribution in [2.75, 3.05) is 11.9 Å². The van der Waals surface area contributed by atoms with Crippen LogP contribution in [0.1, 0.15) is 37.0 Å². The number of thiophene rings is 1. The minimum absolute atomic E-state index is 0.273. The van der Waals surface area contributed by atoms with Crippen molar-refractivity contribution in [3.05, 3.63) is 17.0 Å². The van der Waals surface area contributed by atoms with Crippen LogP contribution < -0.4 is 11.1 Å². The molecule has 0 aliphatic carbocycles. The average molecular weight is 270 g/mol. The van der Waals surface area contributed by atoms with Gasteiger partial charge in [-0.05, 0) is 24.8 Å². The van der Waals surface area contributed by atoms with Gasteiger partial charge in [0.2, 0.25) is 5.91 Å². The SMILES string of the molecule is CCC[C@H](N)C(=O)Nc1sccc1C(=O)OCC. The van der Waals surface area contributed by atoms with Crippen LogP contribution in [0.2, 0.25) is 0 Å². The van der Waals surface area contributed by atoms with Crippen molar-refractivity contribution in [3.63, 3.8) is 0 Å². The van der Waals surface area contributed by atoms with Crippen molar-refractivity contribution in [2.24, 2.45) is 5.73 Å². The highest BCUT2D eigenvalue weighted by Gasteiger charge is 2.18. The third kappa shape index (κ3) is 3.82. The van der Waals surface area contributed by atoms with Crippen LogP contribution in [0.25, 0.3) is 0 Å². The molecule has 0 aliphatic heterocycles. The van der Waals surface area contributed by atoms with Gasteiger partial charge in [0, 0.05) is 0 Å².